The monoisotopic (exact) mass is 769 g/mol. The minimum absolute atomic E-state index is 0.0951. The molecular formula is C43H47F4N7O2. The number of urea groups is 1. The van der Waals surface area contributed by atoms with Crippen molar-refractivity contribution in [3.63, 3.8) is 0 Å². The Kier molecular flexibility index (Phi) is 10.4. The summed E-state index contributed by atoms with van der Waals surface area (Å²) in [6, 6.07) is 20.6. The third-order valence-electron chi connectivity index (χ3n) is 12.7. The van der Waals surface area contributed by atoms with Crippen molar-refractivity contribution in [3.05, 3.63) is 88.9 Å². The Balaban J connectivity index is 0.797. The second kappa shape index (κ2) is 15.4. The maximum atomic E-state index is 15.0. The number of carbonyl (C=O) groups excluding carboxylic acids is 2. The molecule has 4 saturated heterocycles. The maximum Gasteiger partial charge on any atom is 0.420 e. The van der Waals surface area contributed by atoms with Gasteiger partial charge in [0, 0.05) is 81.1 Å². The molecule has 0 atom stereocenters. The van der Waals surface area contributed by atoms with Gasteiger partial charge < -0.3 is 19.3 Å². The topological polar surface area (TPSA) is 87.8 Å². The van der Waals surface area contributed by atoms with Crippen LogP contribution in [0.3, 0.4) is 0 Å². The van der Waals surface area contributed by atoms with Gasteiger partial charge in [-0.25, -0.2) is 9.18 Å². The van der Waals surface area contributed by atoms with Crippen molar-refractivity contribution in [3.8, 4) is 6.07 Å². The fourth-order valence-corrected chi connectivity index (χ4v) is 9.45. The number of carbonyl (C=O) groups is 2. The van der Waals surface area contributed by atoms with Crippen LogP contribution < -0.4 is 20.0 Å². The Morgan fingerprint density at radius 2 is 1.45 bits per heavy atom. The number of imide groups is 1. The summed E-state index contributed by atoms with van der Waals surface area (Å²) in [5, 5.41) is 12.7. The largest absolute Gasteiger partial charge is 0.420 e. The molecule has 5 heterocycles. The number of hydrogen-bond donors (Lipinski definition) is 1. The quantitative estimate of drug-likeness (QED) is 0.191. The van der Waals surface area contributed by atoms with E-state index in [2.05, 4.69) is 69.2 Å². The number of amides is 3. The van der Waals surface area contributed by atoms with Crippen molar-refractivity contribution in [2.75, 3.05) is 67.1 Å². The zero-order chi connectivity index (χ0) is 39.1. The number of fused-ring (bicyclic) bond motifs is 1. The number of rotatable bonds is 7. The number of hydrogen-bond acceptors (Lipinski definition) is 6. The van der Waals surface area contributed by atoms with Gasteiger partial charge in [-0.2, -0.15) is 18.4 Å². The number of piperidine rings is 3. The van der Waals surface area contributed by atoms with Gasteiger partial charge >= 0.3 is 12.2 Å². The van der Waals surface area contributed by atoms with E-state index in [9.17, 15) is 22.8 Å². The zero-order valence-corrected chi connectivity index (χ0v) is 31.6. The molecule has 0 saturated carbocycles. The molecular weight excluding hydrogens is 723 g/mol. The molecule has 4 fully saturated rings. The number of likely N-dealkylation sites (tertiary alicyclic amines) is 1. The van der Waals surface area contributed by atoms with Gasteiger partial charge in [0.15, 0.2) is 5.82 Å². The predicted molar refractivity (Wildman–Crippen MR) is 209 cm³/mol. The summed E-state index contributed by atoms with van der Waals surface area (Å²) in [7, 11) is 2.11. The molecule has 294 valence electrons. The molecule has 0 aliphatic carbocycles. The highest BCUT2D eigenvalue weighted by molar-refractivity contribution is 6.06. The summed E-state index contributed by atoms with van der Waals surface area (Å²) >= 11 is 0. The number of halogens is 4. The lowest BCUT2D eigenvalue weighted by atomic mass is 9.88. The average Bonchev–Trinajstić information content (AvgIpc) is 3.53. The van der Waals surface area contributed by atoms with Crippen molar-refractivity contribution < 1.29 is 27.2 Å². The summed E-state index contributed by atoms with van der Waals surface area (Å²) in [4.78, 5) is 32.4. The van der Waals surface area contributed by atoms with Crippen LogP contribution in [0.4, 0.5) is 39.4 Å². The number of aryl methyl sites for hydroxylation is 1. The van der Waals surface area contributed by atoms with Crippen LogP contribution in [0, 0.1) is 23.1 Å². The van der Waals surface area contributed by atoms with Crippen LogP contribution in [0.1, 0.15) is 79.2 Å². The standard InChI is InChI=1S/C43H47F4N7O2/c1-50-37(24-32-4-8-35(25-38(32)50)54-23-16-39(55)49-42(54)56)31-12-17-51(18-13-31)27-28-10-19-52(20-11-28)34-6-2-29(3-7-34)30-14-21-53(22-15-30)36-9-5-33(26-48)40(41(36)44)43(45,46)47/h2-9,24-25,28,30-31H,10-23,27H2,1H3,(H,49,55,56). The van der Waals surface area contributed by atoms with Gasteiger partial charge in [0.1, 0.15) is 5.56 Å². The van der Waals surface area contributed by atoms with Crippen molar-refractivity contribution in [1.29, 1.82) is 5.26 Å². The number of nitrogens with zero attached hydrogens (tertiary/aromatic N) is 6. The van der Waals surface area contributed by atoms with Crippen LogP contribution in [0.5, 0.6) is 0 Å². The van der Waals surface area contributed by atoms with E-state index in [0.717, 1.165) is 81.1 Å². The molecule has 4 aromatic rings. The van der Waals surface area contributed by atoms with E-state index < -0.39 is 23.1 Å². The van der Waals surface area contributed by atoms with Crippen LogP contribution >= 0.6 is 0 Å². The Bertz CT molecular complexity index is 2140. The first kappa shape index (κ1) is 37.8. The summed E-state index contributed by atoms with van der Waals surface area (Å²) in [5.74, 6) is -0.204. The van der Waals surface area contributed by atoms with Crippen molar-refractivity contribution >= 4 is 39.9 Å². The first-order chi connectivity index (χ1) is 27.0. The van der Waals surface area contributed by atoms with E-state index in [4.69, 9.17) is 5.26 Å². The summed E-state index contributed by atoms with van der Waals surface area (Å²) in [5.41, 5.74) is 3.37. The van der Waals surface area contributed by atoms with Crippen LogP contribution in [0.25, 0.3) is 10.9 Å². The highest BCUT2D eigenvalue weighted by Crippen LogP contribution is 2.40. The highest BCUT2D eigenvalue weighted by Gasteiger charge is 2.39. The lowest BCUT2D eigenvalue weighted by molar-refractivity contribution is -0.140. The molecule has 4 aliphatic rings. The Morgan fingerprint density at radius 3 is 2.11 bits per heavy atom. The Morgan fingerprint density at radius 1 is 0.786 bits per heavy atom. The van der Waals surface area contributed by atoms with E-state index in [1.165, 1.54) is 29.1 Å². The lowest BCUT2D eigenvalue weighted by Crippen LogP contribution is -2.49. The van der Waals surface area contributed by atoms with Gasteiger partial charge in [0.2, 0.25) is 5.91 Å². The molecule has 0 radical (unpaired) electrons. The number of nitrogens with one attached hydrogen (secondary N) is 1. The van der Waals surface area contributed by atoms with Crippen molar-refractivity contribution in [1.82, 2.24) is 14.8 Å². The van der Waals surface area contributed by atoms with Crippen LogP contribution in [-0.2, 0) is 18.0 Å². The number of aromatic nitrogens is 1. The van der Waals surface area contributed by atoms with Crippen LogP contribution in [0.2, 0.25) is 0 Å². The van der Waals surface area contributed by atoms with Crippen LogP contribution in [-0.4, -0.2) is 73.8 Å². The van der Waals surface area contributed by atoms with E-state index in [0.29, 0.717) is 50.7 Å². The summed E-state index contributed by atoms with van der Waals surface area (Å²) in [6.45, 7) is 6.58. The van der Waals surface area contributed by atoms with E-state index >= 15 is 4.39 Å². The summed E-state index contributed by atoms with van der Waals surface area (Å²) < 4.78 is 57.9. The van der Waals surface area contributed by atoms with Gasteiger partial charge in [-0.3, -0.25) is 15.0 Å². The molecule has 13 heteroatoms. The SMILES string of the molecule is Cn1c(C2CCN(CC3CCN(c4ccc(C5CCN(c6ccc(C#N)c(C(F)(F)F)c6F)CC5)cc4)CC3)CC2)cc2ccc(N3CCC(=O)NC3=O)cc21. The first-order valence-corrected chi connectivity index (χ1v) is 19.8. The zero-order valence-electron chi connectivity index (χ0n) is 31.6. The first-order valence-electron chi connectivity index (χ1n) is 19.8. The molecule has 1 aromatic heterocycles. The van der Waals surface area contributed by atoms with E-state index in [1.54, 1.807) is 9.80 Å². The van der Waals surface area contributed by atoms with Crippen molar-refractivity contribution in [2.45, 2.75) is 63.0 Å². The maximum absolute atomic E-state index is 15.0. The minimum Gasteiger partial charge on any atom is -0.372 e. The molecule has 3 amide bonds. The normalized spacial score (nSPS) is 19.8. The molecule has 0 spiro atoms. The number of alkyl halides is 3. The lowest BCUT2D eigenvalue weighted by Gasteiger charge is -2.38. The molecule has 0 bridgehead atoms. The third kappa shape index (κ3) is 7.55. The molecule has 3 aromatic carbocycles. The molecule has 9 nitrogen and oxygen atoms in total. The van der Waals surface area contributed by atoms with E-state index in [-0.39, 0.29) is 23.5 Å². The van der Waals surface area contributed by atoms with Gasteiger partial charge in [-0.15, -0.1) is 0 Å². The summed E-state index contributed by atoms with van der Waals surface area (Å²) in [6.07, 6.45) is 1.30. The second-order valence-corrected chi connectivity index (χ2v) is 15.9. The second-order valence-electron chi connectivity index (χ2n) is 15.9. The van der Waals surface area contributed by atoms with Crippen LogP contribution in [0.15, 0.2) is 60.7 Å². The predicted octanol–water partition coefficient (Wildman–Crippen LogP) is 8.13. The van der Waals surface area contributed by atoms with Gasteiger partial charge in [0.25, 0.3) is 0 Å². The number of nitriles is 1. The van der Waals surface area contributed by atoms with Gasteiger partial charge in [-0.05, 0) is 111 Å². The minimum atomic E-state index is -4.94. The van der Waals surface area contributed by atoms with Gasteiger partial charge in [-0.1, -0.05) is 18.2 Å². The Hall–Kier alpha value is -5.09. The number of anilines is 3. The smallest absolute Gasteiger partial charge is 0.372 e. The molecule has 56 heavy (non-hydrogen) atoms. The third-order valence-corrected chi connectivity index (χ3v) is 12.7. The average molecular weight is 770 g/mol. The van der Waals surface area contributed by atoms with Crippen molar-refractivity contribution in [2.24, 2.45) is 13.0 Å². The fraction of sp³-hybridized carbons (Fsp3) is 0.465. The van der Waals surface area contributed by atoms with E-state index in [1.807, 2.05) is 6.07 Å². The molecule has 0 unspecified atom stereocenters. The molecule has 1 N–H and O–H groups in total. The Labute approximate surface area is 324 Å². The number of benzene rings is 3. The highest BCUT2D eigenvalue weighted by atomic mass is 19.4. The fourth-order valence-electron chi connectivity index (χ4n) is 9.45. The molecule has 8 rings (SSSR count). The van der Waals surface area contributed by atoms with Gasteiger partial charge in [0.05, 0.1) is 22.8 Å². The molecule has 4 aliphatic heterocycles.